The van der Waals surface area contributed by atoms with Crippen LogP contribution in [0, 0.1) is 5.41 Å². The molecule has 1 unspecified atom stereocenters. The second-order valence-corrected chi connectivity index (χ2v) is 2.05. The fourth-order valence-electron chi connectivity index (χ4n) is 0.167. The van der Waals surface area contributed by atoms with Gasteiger partial charge in [-0.25, -0.2) is 0 Å². The quantitative estimate of drug-likeness (QED) is 0.427. The lowest BCUT2D eigenvalue weighted by molar-refractivity contribution is 1.56. The van der Waals surface area contributed by atoms with Crippen LogP contribution >= 0.6 is 8.58 Å². The molecule has 0 radical (unpaired) electrons. The first-order valence-corrected chi connectivity index (χ1v) is 2.49. The number of hydrogen-bond donors (Lipinski definition) is 1. The molecule has 0 saturated carbocycles. The fraction of sp³-hybridized carbons (Fsp3) is 0. The molecule has 1 atom stereocenters. The lowest BCUT2D eigenvalue weighted by Crippen LogP contribution is -1.82. The molecule has 0 bridgehead atoms. The smallest absolute Gasteiger partial charge is 0.0550 e. The second kappa shape index (κ2) is 0.908. The minimum absolute atomic E-state index is 0.698. The fourth-order valence-corrected chi connectivity index (χ4v) is 0.500. The largest absolute Gasteiger partial charge is 0.301 e. The van der Waals surface area contributed by atoms with Crippen LogP contribution in [0.15, 0.2) is 11.9 Å². The van der Waals surface area contributed by atoms with Gasteiger partial charge in [0, 0.05) is 0 Å². The third kappa shape index (κ3) is 0.381. The summed E-state index contributed by atoms with van der Waals surface area (Å²) in [6.45, 7) is 0. The van der Waals surface area contributed by atoms with E-state index in [9.17, 15) is 0 Å². The second-order valence-electron chi connectivity index (χ2n) is 0.891. The summed E-state index contributed by atoms with van der Waals surface area (Å²) >= 11 is 0. The van der Waals surface area contributed by atoms with Crippen molar-refractivity contribution in [2.24, 2.45) is 0 Å². The molecule has 0 amide bonds. The third-order valence-electron chi connectivity index (χ3n) is 0.489. The average Bonchev–Trinajstić information content (AvgIpc) is 1.30. The summed E-state index contributed by atoms with van der Waals surface area (Å²) in [6.07, 6.45) is 1.82. The molecule has 1 N–H and O–H groups in total. The summed E-state index contributed by atoms with van der Waals surface area (Å²) in [4.78, 5) is 0. The van der Waals surface area contributed by atoms with Gasteiger partial charge in [0.2, 0.25) is 0 Å². The van der Waals surface area contributed by atoms with Crippen molar-refractivity contribution in [2.75, 3.05) is 0 Å². The van der Waals surface area contributed by atoms with E-state index in [-0.39, 0.29) is 0 Å². The van der Waals surface area contributed by atoms with Gasteiger partial charge in [0.05, 0.1) is 5.45 Å². The first-order chi connectivity index (χ1) is 2.39. The zero-order chi connectivity index (χ0) is 3.70. The Balaban J connectivity index is 2.71. The first-order valence-electron chi connectivity index (χ1n) is 1.41. The zero-order valence-electron chi connectivity index (χ0n) is 2.65. The van der Waals surface area contributed by atoms with Gasteiger partial charge < -0.3 is 5.41 Å². The standard InChI is InChI=1S/C3H4NP/c4-3-1-2-5-3/h1-2,4-5H. The maximum Gasteiger partial charge on any atom is 0.0550 e. The predicted octanol–water partition coefficient (Wildman–Crippen LogP) is 1.17. The molecule has 1 aliphatic rings. The van der Waals surface area contributed by atoms with Gasteiger partial charge in [-0.3, -0.25) is 0 Å². The van der Waals surface area contributed by atoms with Gasteiger partial charge in [0.25, 0.3) is 0 Å². The Kier molecular flexibility index (Phi) is 0.553. The highest BCUT2D eigenvalue weighted by molar-refractivity contribution is 7.64. The molecule has 1 nitrogen and oxygen atoms in total. The van der Waals surface area contributed by atoms with Gasteiger partial charge in [-0.15, -0.1) is 0 Å². The van der Waals surface area contributed by atoms with Crippen LogP contribution in [0.25, 0.3) is 0 Å². The summed E-state index contributed by atoms with van der Waals surface area (Å²) in [6, 6.07) is 0. The molecule has 2 heteroatoms. The minimum atomic E-state index is 0.698. The summed E-state index contributed by atoms with van der Waals surface area (Å²) in [7, 11) is 0.698. The van der Waals surface area contributed by atoms with Crippen molar-refractivity contribution in [1.29, 1.82) is 5.41 Å². The van der Waals surface area contributed by atoms with E-state index in [4.69, 9.17) is 5.41 Å². The number of allylic oxidation sites excluding steroid dienone is 1. The third-order valence-corrected chi connectivity index (χ3v) is 1.30. The summed E-state index contributed by atoms with van der Waals surface area (Å²) in [5.74, 6) is 2.00. The van der Waals surface area contributed by atoms with Crippen molar-refractivity contribution in [3.63, 3.8) is 0 Å². The Bertz CT molecular complexity index is 84.9. The van der Waals surface area contributed by atoms with Crippen LogP contribution in [0.3, 0.4) is 0 Å². The molecule has 0 aromatic carbocycles. The number of nitrogens with one attached hydrogen (secondary N) is 1. The van der Waals surface area contributed by atoms with Gasteiger partial charge in [-0.05, 0) is 14.7 Å². The first kappa shape index (κ1) is 3.05. The van der Waals surface area contributed by atoms with Gasteiger partial charge in [-0.2, -0.15) is 0 Å². The lowest BCUT2D eigenvalue weighted by atomic mass is 10.7. The summed E-state index contributed by atoms with van der Waals surface area (Å²) in [5, 5.41) is 6.76. The SMILES string of the molecule is N=C1C=CP1. The Hall–Kier alpha value is -0.160. The van der Waals surface area contributed by atoms with Crippen LogP contribution in [0.5, 0.6) is 0 Å². The van der Waals surface area contributed by atoms with E-state index in [1.807, 2.05) is 11.9 Å². The predicted molar refractivity (Wildman–Crippen MR) is 25.2 cm³/mol. The number of rotatable bonds is 0. The highest BCUT2D eigenvalue weighted by Gasteiger charge is 1.92. The van der Waals surface area contributed by atoms with Crippen LogP contribution in [0.4, 0.5) is 0 Å². The maximum absolute atomic E-state index is 6.76. The normalized spacial score (nSPS) is 23.6. The van der Waals surface area contributed by atoms with Crippen molar-refractivity contribution >= 4 is 14.0 Å². The van der Waals surface area contributed by atoms with Gasteiger partial charge in [0.1, 0.15) is 0 Å². The summed E-state index contributed by atoms with van der Waals surface area (Å²) in [5.41, 5.74) is 0.782. The van der Waals surface area contributed by atoms with E-state index in [1.54, 1.807) is 0 Å². The molecule has 26 valence electrons. The number of hydrogen-bond acceptors (Lipinski definition) is 1. The van der Waals surface area contributed by atoms with E-state index in [1.165, 1.54) is 0 Å². The van der Waals surface area contributed by atoms with Crippen molar-refractivity contribution in [3.05, 3.63) is 11.9 Å². The van der Waals surface area contributed by atoms with Crippen LogP contribution < -0.4 is 0 Å². The van der Waals surface area contributed by atoms with E-state index in [0.29, 0.717) is 8.58 Å². The zero-order valence-corrected chi connectivity index (χ0v) is 3.65. The van der Waals surface area contributed by atoms with E-state index in [0.717, 1.165) is 5.45 Å². The summed E-state index contributed by atoms with van der Waals surface area (Å²) < 4.78 is 0. The molecule has 0 aromatic rings. The van der Waals surface area contributed by atoms with Gasteiger partial charge in [-0.1, -0.05) is 5.82 Å². The molecule has 1 rings (SSSR count). The molecule has 0 saturated heterocycles. The molecule has 5 heavy (non-hydrogen) atoms. The van der Waals surface area contributed by atoms with Gasteiger partial charge in [0.15, 0.2) is 0 Å². The Morgan fingerprint density at radius 2 is 2.20 bits per heavy atom. The molecular weight excluding hydrogens is 81.0 g/mol. The van der Waals surface area contributed by atoms with Crippen LogP contribution in [-0.4, -0.2) is 5.45 Å². The van der Waals surface area contributed by atoms with Crippen molar-refractivity contribution in [3.8, 4) is 0 Å². The Morgan fingerprint density at radius 3 is 2.20 bits per heavy atom. The molecular formula is C3H4NP. The Labute approximate surface area is 32.4 Å². The molecule has 0 spiro atoms. The maximum atomic E-state index is 6.76. The van der Waals surface area contributed by atoms with E-state index < -0.39 is 0 Å². The van der Waals surface area contributed by atoms with Crippen molar-refractivity contribution in [2.45, 2.75) is 0 Å². The van der Waals surface area contributed by atoms with Crippen molar-refractivity contribution < 1.29 is 0 Å². The van der Waals surface area contributed by atoms with Crippen LogP contribution in [0.1, 0.15) is 0 Å². The van der Waals surface area contributed by atoms with Crippen LogP contribution in [-0.2, 0) is 0 Å². The lowest BCUT2D eigenvalue weighted by Gasteiger charge is -1.97. The molecule has 0 fully saturated rings. The monoisotopic (exact) mass is 85.0 g/mol. The Morgan fingerprint density at radius 1 is 1.80 bits per heavy atom. The van der Waals surface area contributed by atoms with E-state index in [2.05, 4.69) is 0 Å². The molecule has 1 heterocycles. The van der Waals surface area contributed by atoms with Crippen molar-refractivity contribution in [1.82, 2.24) is 0 Å². The van der Waals surface area contributed by atoms with Gasteiger partial charge >= 0.3 is 0 Å². The topological polar surface area (TPSA) is 23.9 Å². The highest BCUT2D eigenvalue weighted by Crippen LogP contribution is 2.23. The molecule has 0 aromatic heterocycles. The average molecular weight is 85.0 g/mol. The highest BCUT2D eigenvalue weighted by atomic mass is 31.1. The van der Waals surface area contributed by atoms with E-state index >= 15 is 0 Å². The molecule has 1 aliphatic heterocycles. The minimum Gasteiger partial charge on any atom is -0.301 e. The van der Waals surface area contributed by atoms with Crippen LogP contribution in [0.2, 0.25) is 0 Å². The molecule has 0 aliphatic carbocycles.